The minimum atomic E-state index is 0.0563. The largest absolute Gasteiger partial charge is 0.379 e. The van der Waals surface area contributed by atoms with Gasteiger partial charge in [0.15, 0.2) is 0 Å². The second-order valence-corrected chi connectivity index (χ2v) is 9.38. The Balaban J connectivity index is 1.41. The Bertz CT molecular complexity index is 716. The van der Waals surface area contributed by atoms with Gasteiger partial charge in [-0.3, -0.25) is 9.69 Å². The van der Waals surface area contributed by atoms with E-state index in [1.165, 1.54) is 16.0 Å². The highest BCUT2D eigenvalue weighted by Gasteiger charge is 2.19. The molecule has 0 spiro atoms. The molecular weight excluding hydrogens is 402 g/mol. The normalized spacial score (nSPS) is 15.9. The van der Waals surface area contributed by atoms with Crippen LogP contribution >= 0.6 is 23.1 Å². The maximum Gasteiger partial charge on any atom is 0.234 e. The molecule has 1 aromatic heterocycles. The first-order chi connectivity index (χ1) is 14.2. The summed E-state index contributed by atoms with van der Waals surface area (Å²) in [6.45, 7) is 7.46. The summed E-state index contributed by atoms with van der Waals surface area (Å²) in [6.07, 6.45) is 0. The van der Waals surface area contributed by atoms with Gasteiger partial charge in [0.05, 0.1) is 19.8 Å². The molecule has 1 fully saturated rings. The molecule has 1 aliphatic rings. The Hall–Kier alpha value is -1.38. The molecule has 3 rings (SSSR count). The molecule has 29 heavy (non-hydrogen) atoms. The summed E-state index contributed by atoms with van der Waals surface area (Å²) in [4.78, 5) is 16.1. The second kappa shape index (κ2) is 12.3. The van der Waals surface area contributed by atoms with Crippen LogP contribution in [0.1, 0.15) is 22.0 Å². The smallest absolute Gasteiger partial charge is 0.234 e. The molecule has 0 unspecified atom stereocenters. The minimum absolute atomic E-state index is 0.0563. The Morgan fingerprint density at radius 3 is 2.76 bits per heavy atom. The van der Waals surface area contributed by atoms with E-state index in [-0.39, 0.29) is 11.9 Å². The van der Waals surface area contributed by atoms with Crippen LogP contribution in [0, 0.1) is 6.92 Å². The number of rotatable bonds is 11. The molecule has 0 bridgehead atoms. The van der Waals surface area contributed by atoms with Gasteiger partial charge in [-0.25, -0.2) is 0 Å². The molecule has 0 radical (unpaired) electrons. The lowest BCUT2D eigenvalue weighted by atomic mass is 10.0. The lowest BCUT2D eigenvalue weighted by Crippen LogP contribution is -2.44. The number of nitrogens with one attached hydrogen (secondary N) is 2. The third kappa shape index (κ3) is 8.10. The lowest BCUT2D eigenvalue weighted by Gasteiger charge is -2.31. The van der Waals surface area contributed by atoms with Crippen molar-refractivity contribution in [2.45, 2.75) is 18.7 Å². The first-order valence-corrected chi connectivity index (χ1v) is 12.2. The third-order valence-electron chi connectivity index (χ3n) is 4.93. The molecule has 2 aromatic rings. The van der Waals surface area contributed by atoms with Gasteiger partial charge in [0.25, 0.3) is 0 Å². The Morgan fingerprint density at radius 1 is 1.24 bits per heavy atom. The van der Waals surface area contributed by atoms with Crippen molar-refractivity contribution in [3.8, 4) is 0 Å². The van der Waals surface area contributed by atoms with Gasteiger partial charge in [0.1, 0.15) is 0 Å². The van der Waals surface area contributed by atoms with Gasteiger partial charge in [-0.2, -0.15) is 11.8 Å². The molecule has 158 valence electrons. The molecule has 2 N–H and O–H groups in total. The van der Waals surface area contributed by atoms with E-state index in [1.54, 1.807) is 11.3 Å². The minimum Gasteiger partial charge on any atom is -0.379 e. The molecular formula is C22H31N3O2S2. The van der Waals surface area contributed by atoms with Crippen molar-refractivity contribution in [3.05, 3.63) is 57.8 Å². The van der Waals surface area contributed by atoms with Crippen molar-refractivity contribution in [1.29, 1.82) is 0 Å². The Labute approximate surface area is 182 Å². The monoisotopic (exact) mass is 433 g/mol. The number of thiophene rings is 1. The van der Waals surface area contributed by atoms with Crippen LogP contribution < -0.4 is 10.6 Å². The number of nitrogens with zero attached hydrogens (tertiary/aromatic N) is 1. The molecule has 1 saturated heterocycles. The fourth-order valence-corrected chi connectivity index (χ4v) is 4.94. The van der Waals surface area contributed by atoms with E-state index in [2.05, 4.69) is 64.2 Å². The second-order valence-electron chi connectivity index (χ2n) is 7.24. The van der Waals surface area contributed by atoms with Gasteiger partial charge in [-0.05, 0) is 23.9 Å². The van der Waals surface area contributed by atoms with Crippen molar-refractivity contribution in [2.24, 2.45) is 0 Å². The van der Waals surface area contributed by atoms with Crippen LogP contribution in [0.4, 0.5) is 0 Å². The number of amides is 1. The van der Waals surface area contributed by atoms with Crippen molar-refractivity contribution >= 4 is 29.0 Å². The SMILES string of the molecule is Cc1ccc([C@H](CN2CCOCC2)NCC(=O)NCCSCc2cccs2)cc1. The van der Waals surface area contributed by atoms with E-state index >= 15 is 0 Å². The van der Waals surface area contributed by atoms with Crippen LogP contribution in [-0.4, -0.2) is 62.5 Å². The van der Waals surface area contributed by atoms with Gasteiger partial charge in [-0.1, -0.05) is 35.9 Å². The number of carbonyl (C=O) groups is 1. The zero-order valence-electron chi connectivity index (χ0n) is 17.1. The summed E-state index contributed by atoms with van der Waals surface area (Å²) < 4.78 is 5.46. The molecule has 5 nitrogen and oxygen atoms in total. The number of ether oxygens (including phenoxy) is 1. The van der Waals surface area contributed by atoms with Gasteiger partial charge >= 0.3 is 0 Å². The summed E-state index contributed by atoms with van der Waals surface area (Å²) in [7, 11) is 0. The molecule has 1 atom stereocenters. The van der Waals surface area contributed by atoms with Crippen molar-refractivity contribution in [3.63, 3.8) is 0 Å². The summed E-state index contributed by atoms with van der Waals surface area (Å²) in [6, 6.07) is 12.9. The van der Waals surface area contributed by atoms with E-state index in [4.69, 9.17) is 4.74 Å². The van der Waals surface area contributed by atoms with Crippen LogP contribution in [-0.2, 0) is 15.3 Å². The third-order valence-corrected chi connectivity index (χ3v) is 6.99. The highest BCUT2D eigenvalue weighted by Crippen LogP contribution is 2.17. The number of thioether (sulfide) groups is 1. The quantitative estimate of drug-likeness (QED) is 0.534. The van der Waals surface area contributed by atoms with E-state index in [0.29, 0.717) is 13.1 Å². The molecule has 0 saturated carbocycles. The number of morpholine rings is 1. The number of aryl methyl sites for hydroxylation is 1. The summed E-state index contributed by atoms with van der Waals surface area (Å²) in [5.74, 6) is 2.00. The number of hydrogen-bond acceptors (Lipinski definition) is 6. The van der Waals surface area contributed by atoms with Gasteiger partial charge in [0, 0.05) is 48.6 Å². The first-order valence-electron chi connectivity index (χ1n) is 10.2. The zero-order chi connectivity index (χ0) is 20.3. The van der Waals surface area contributed by atoms with Crippen LogP contribution in [0.15, 0.2) is 41.8 Å². The highest BCUT2D eigenvalue weighted by molar-refractivity contribution is 7.98. The average molecular weight is 434 g/mol. The lowest BCUT2D eigenvalue weighted by molar-refractivity contribution is -0.120. The molecule has 1 amide bonds. The predicted octanol–water partition coefficient (Wildman–Crippen LogP) is 3.07. The Kier molecular flexibility index (Phi) is 9.50. The Morgan fingerprint density at radius 2 is 2.03 bits per heavy atom. The van der Waals surface area contributed by atoms with Crippen molar-refractivity contribution in [1.82, 2.24) is 15.5 Å². The van der Waals surface area contributed by atoms with Crippen LogP contribution in [0.3, 0.4) is 0 Å². The first kappa shape index (κ1) is 22.3. The summed E-state index contributed by atoms with van der Waals surface area (Å²) in [5.41, 5.74) is 2.47. The van der Waals surface area contributed by atoms with E-state index in [9.17, 15) is 4.79 Å². The topological polar surface area (TPSA) is 53.6 Å². The fourth-order valence-electron chi connectivity index (χ4n) is 3.24. The van der Waals surface area contributed by atoms with Crippen LogP contribution in [0.5, 0.6) is 0 Å². The van der Waals surface area contributed by atoms with Gasteiger partial charge in [-0.15, -0.1) is 11.3 Å². The molecule has 1 aromatic carbocycles. The number of benzene rings is 1. The maximum atomic E-state index is 12.3. The summed E-state index contributed by atoms with van der Waals surface area (Å²) >= 11 is 3.64. The average Bonchev–Trinajstić information content (AvgIpc) is 3.26. The van der Waals surface area contributed by atoms with Gasteiger partial charge in [0.2, 0.25) is 5.91 Å². The number of carbonyl (C=O) groups excluding carboxylic acids is 1. The van der Waals surface area contributed by atoms with E-state index in [0.717, 1.165) is 44.4 Å². The molecule has 2 heterocycles. The predicted molar refractivity (Wildman–Crippen MR) is 123 cm³/mol. The van der Waals surface area contributed by atoms with Crippen molar-refractivity contribution in [2.75, 3.05) is 51.7 Å². The molecule has 1 aliphatic heterocycles. The maximum absolute atomic E-state index is 12.3. The van der Waals surface area contributed by atoms with Gasteiger partial charge < -0.3 is 15.4 Å². The van der Waals surface area contributed by atoms with E-state index < -0.39 is 0 Å². The molecule has 7 heteroatoms. The summed E-state index contributed by atoms with van der Waals surface area (Å²) in [5, 5.41) is 8.60. The van der Waals surface area contributed by atoms with Crippen molar-refractivity contribution < 1.29 is 9.53 Å². The van der Waals surface area contributed by atoms with E-state index in [1.807, 2.05) is 11.8 Å². The number of hydrogen-bond donors (Lipinski definition) is 2. The standard InChI is InChI=1S/C22H31N3O2S2/c1-18-4-6-19(7-5-18)21(16-25-9-11-27-12-10-25)24-15-22(26)23-8-14-28-17-20-3-2-13-29-20/h2-7,13,21,24H,8-12,14-17H2,1H3,(H,23,26)/t21-/m0/s1. The fraction of sp³-hybridized carbons (Fsp3) is 0.500. The zero-order valence-corrected chi connectivity index (χ0v) is 18.7. The van der Waals surface area contributed by atoms with Crippen LogP contribution in [0.25, 0.3) is 0 Å². The molecule has 0 aliphatic carbocycles. The highest BCUT2D eigenvalue weighted by atomic mass is 32.2. The van der Waals surface area contributed by atoms with Crippen LogP contribution in [0.2, 0.25) is 0 Å².